The van der Waals surface area contributed by atoms with Crippen LogP contribution in [0.1, 0.15) is 22.8 Å². The number of carbonyl (C=O) groups excluding carboxylic acids is 1. The smallest absolute Gasteiger partial charge is 0.338 e. The molecule has 0 aliphatic carbocycles. The molecule has 4 rings (SSSR count). The highest BCUT2D eigenvalue weighted by Crippen LogP contribution is 2.33. The molecule has 1 saturated heterocycles. The third-order valence-corrected chi connectivity index (χ3v) is 6.30. The van der Waals surface area contributed by atoms with Crippen molar-refractivity contribution >= 4 is 34.9 Å². The summed E-state index contributed by atoms with van der Waals surface area (Å²) in [7, 11) is 0. The normalized spacial score (nSPS) is 14.4. The molecule has 0 unspecified atom stereocenters. The average Bonchev–Trinajstić information content (AvgIpc) is 2.81. The van der Waals surface area contributed by atoms with Gasteiger partial charge in [0.1, 0.15) is 0 Å². The van der Waals surface area contributed by atoms with E-state index in [1.807, 2.05) is 49.4 Å². The summed E-state index contributed by atoms with van der Waals surface area (Å²) in [4.78, 5) is 16.7. The molecule has 0 atom stereocenters. The van der Waals surface area contributed by atoms with E-state index in [2.05, 4.69) is 28.0 Å². The molecule has 166 valence electrons. The minimum Gasteiger partial charge on any atom is -0.462 e. The second kappa shape index (κ2) is 10.4. The maximum absolute atomic E-state index is 11.9. The van der Waals surface area contributed by atoms with Gasteiger partial charge in [-0.2, -0.15) is 0 Å². The summed E-state index contributed by atoms with van der Waals surface area (Å²) in [5, 5.41) is 1.31. The Labute approximate surface area is 199 Å². The van der Waals surface area contributed by atoms with Crippen LogP contribution in [-0.4, -0.2) is 43.7 Å². The van der Waals surface area contributed by atoms with Gasteiger partial charge in [-0.1, -0.05) is 53.5 Å². The van der Waals surface area contributed by atoms with Crippen molar-refractivity contribution in [2.24, 2.45) is 0 Å². The number of piperazine rings is 1. The molecule has 0 bridgehead atoms. The molecule has 0 amide bonds. The van der Waals surface area contributed by atoms with Gasteiger partial charge in [-0.25, -0.2) is 4.79 Å². The number of hydrogen-bond donors (Lipinski definition) is 0. The Balaban J connectivity index is 1.40. The standard InChI is InChI=1S/C26H26Cl2N2O2/c1-2-32-26(31)19-7-10-22(11-8-19)30-15-13-29(14-16-30)18-20-5-3-4-6-23(20)24-12-9-21(27)17-25(24)28/h3-12,17H,2,13-16,18H2,1H3. The van der Waals surface area contributed by atoms with E-state index in [0.29, 0.717) is 22.2 Å². The molecule has 0 radical (unpaired) electrons. The van der Waals surface area contributed by atoms with E-state index in [1.165, 1.54) is 5.56 Å². The first-order valence-electron chi connectivity index (χ1n) is 10.8. The molecule has 3 aromatic rings. The van der Waals surface area contributed by atoms with Crippen molar-refractivity contribution in [3.8, 4) is 11.1 Å². The third kappa shape index (κ3) is 5.26. The van der Waals surface area contributed by atoms with E-state index in [0.717, 1.165) is 49.5 Å². The summed E-state index contributed by atoms with van der Waals surface area (Å²) in [5.41, 5.74) is 5.12. The largest absolute Gasteiger partial charge is 0.462 e. The van der Waals surface area contributed by atoms with Crippen LogP contribution in [0, 0.1) is 0 Å². The molecule has 0 spiro atoms. The van der Waals surface area contributed by atoms with Crippen LogP contribution < -0.4 is 4.90 Å². The number of anilines is 1. The number of nitrogens with zero attached hydrogens (tertiary/aromatic N) is 2. The number of esters is 1. The molecule has 1 aliphatic heterocycles. The molecule has 0 N–H and O–H groups in total. The first kappa shape index (κ1) is 22.7. The van der Waals surface area contributed by atoms with Crippen LogP contribution >= 0.6 is 23.2 Å². The van der Waals surface area contributed by atoms with Crippen LogP contribution in [0.15, 0.2) is 66.7 Å². The SMILES string of the molecule is CCOC(=O)c1ccc(N2CCN(Cc3ccccc3-c3ccc(Cl)cc3Cl)CC2)cc1. The van der Waals surface area contributed by atoms with Gasteiger partial charge in [0.15, 0.2) is 0 Å². The van der Waals surface area contributed by atoms with Crippen molar-refractivity contribution in [1.82, 2.24) is 4.90 Å². The molecule has 4 nitrogen and oxygen atoms in total. The predicted octanol–water partition coefficient (Wildman–Crippen LogP) is 6.16. The zero-order chi connectivity index (χ0) is 22.5. The van der Waals surface area contributed by atoms with Gasteiger partial charge in [0.05, 0.1) is 12.2 Å². The summed E-state index contributed by atoms with van der Waals surface area (Å²) in [6.07, 6.45) is 0. The van der Waals surface area contributed by atoms with E-state index < -0.39 is 0 Å². The fraction of sp³-hybridized carbons (Fsp3) is 0.269. The lowest BCUT2D eigenvalue weighted by atomic mass is 9.99. The predicted molar refractivity (Wildman–Crippen MR) is 132 cm³/mol. The first-order valence-corrected chi connectivity index (χ1v) is 11.6. The molecule has 1 fully saturated rings. The third-order valence-electron chi connectivity index (χ3n) is 5.75. The Hall–Kier alpha value is -2.53. The van der Waals surface area contributed by atoms with Gasteiger partial charge in [0.25, 0.3) is 0 Å². The first-order chi connectivity index (χ1) is 15.5. The van der Waals surface area contributed by atoms with Crippen molar-refractivity contribution in [3.05, 3.63) is 87.9 Å². The Bertz CT molecular complexity index is 1080. The summed E-state index contributed by atoms with van der Waals surface area (Å²) in [6.45, 7) is 6.85. The number of rotatable bonds is 6. The lowest BCUT2D eigenvalue weighted by Gasteiger charge is -2.36. The van der Waals surface area contributed by atoms with Crippen molar-refractivity contribution in [3.63, 3.8) is 0 Å². The summed E-state index contributed by atoms with van der Waals surface area (Å²) in [6, 6.07) is 21.7. The minimum absolute atomic E-state index is 0.275. The molecule has 6 heteroatoms. The minimum atomic E-state index is -0.275. The number of carbonyl (C=O) groups is 1. The van der Waals surface area contributed by atoms with E-state index in [1.54, 1.807) is 6.07 Å². The molecule has 3 aromatic carbocycles. The van der Waals surface area contributed by atoms with Crippen LogP contribution in [0.2, 0.25) is 10.0 Å². The van der Waals surface area contributed by atoms with Gasteiger partial charge >= 0.3 is 5.97 Å². The molecule has 1 aliphatic rings. The van der Waals surface area contributed by atoms with E-state index in [-0.39, 0.29) is 5.97 Å². The lowest BCUT2D eigenvalue weighted by Crippen LogP contribution is -2.46. The highest BCUT2D eigenvalue weighted by atomic mass is 35.5. The van der Waals surface area contributed by atoms with E-state index in [4.69, 9.17) is 27.9 Å². The van der Waals surface area contributed by atoms with Crippen molar-refractivity contribution in [1.29, 1.82) is 0 Å². The van der Waals surface area contributed by atoms with E-state index >= 15 is 0 Å². The summed E-state index contributed by atoms with van der Waals surface area (Å²) in [5.74, 6) is -0.275. The van der Waals surface area contributed by atoms with Crippen LogP contribution in [0.4, 0.5) is 5.69 Å². The fourth-order valence-corrected chi connectivity index (χ4v) is 4.57. The highest BCUT2D eigenvalue weighted by Gasteiger charge is 2.19. The Morgan fingerprint density at radius 2 is 1.62 bits per heavy atom. The summed E-state index contributed by atoms with van der Waals surface area (Å²) >= 11 is 12.6. The zero-order valence-corrected chi connectivity index (χ0v) is 19.6. The maximum atomic E-state index is 11.9. The van der Waals surface area contributed by atoms with Gasteiger partial charge in [-0.15, -0.1) is 0 Å². The Morgan fingerprint density at radius 1 is 0.906 bits per heavy atom. The van der Waals surface area contributed by atoms with E-state index in [9.17, 15) is 4.79 Å². The fourth-order valence-electron chi connectivity index (χ4n) is 4.06. The number of halogens is 2. The van der Waals surface area contributed by atoms with Gasteiger partial charge in [-0.05, 0) is 54.4 Å². The van der Waals surface area contributed by atoms with Gasteiger partial charge < -0.3 is 9.64 Å². The quantitative estimate of drug-likeness (QED) is 0.405. The van der Waals surface area contributed by atoms with Crippen LogP contribution in [0.3, 0.4) is 0 Å². The van der Waals surface area contributed by atoms with Crippen LogP contribution in [0.5, 0.6) is 0 Å². The maximum Gasteiger partial charge on any atom is 0.338 e. The van der Waals surface area contributed by atoms with Gasteiger partial charge in [0, 0.05) is 54.0 Å². The van der Waals surface area contributed by atoms with Gasteiger partial charge in [-0.3, -0.25) is 4.90 Å². The van der Waals surface area contributed by atoms with Gasteiger partial charge in [0.2, 0.25) is 0 Å². The Kier molecular flexibility index (Phi) is 7.36. The van der Waals surface area contributed by atoms with Crippen LogP contribution in [-0.2, 0) is 11.3 Å². The van der Waals surface area contributed by atoms with Crippen LogP contribution in [0.25, 0.3) is 11.1 Å². The second-order valence-electron chi connectivity index (χ2n) is 7.81. The average molecular weight is 469 g/mol. The second-order valence-corrected chi connectivity index (χ2v) is 8.66. The van der Waals surface area contributed by atoms with Crippen molar-refractivity contribution < 1.29 is 9.53 Å². The number of ether oxygens (including phenoxy) is 1. The molecule has 0 saturated carbocycles. The molecular weight excluding hydrogens is 443 g/mol. The monoisotopic (exact) mass is 468 g/mol. The number of hydrogen-bond acceptors (Lipinski definition) is 4. The van der Waals surface area contributed by atoms with Crippen molar-refractivity contribution in [2.45, 2.75) is 13.5 Å². The zero-order valence-electron chi connectivity index (χ0n) is 18.1. The number of benzene rings is 3. The lowest BCUT2D eigenvalue weighted by molar-refractivity contribution is 0.0526. The highest BCUT2D eigenvalue weighted by molar-refractivity contribution is 6.36. The molecule has 1 heterocycles. The molecule has 32 heavy (non-hydrogen) atoms. The molecule has 0 aromatic heterocycles. The summed E-state index contributed by atoms with van der Waals surface area (Å²) < 4.78 is 5.06. The topological polar surface area (TPSA) is 32.8 Å². The van der Waals surface area contributed by atoms with Crippen molar-refractivity contribution in [2.75, 3.05) is 37.7 Å². The Morgan fingerprint density at radius 3 is 2.31 bits per heavy atom. The molecular formula is C26H26Cl2N2O2.